The molecular weight excluding hydrogens is 1750 g/mol. The predicted octanol–water partition coefficient (Wildman–Crippen LogP) is 29.3. The van der Waals surface area contributed by atoms with Gasteiger partial charge in [-0.2, -0.15) is 0 Å². The van der Waals surface area contributed by atoms with Crippen molar-refractivity contribution in [2.75, 3.05) is 0 Å². The second kappa shape index (κ2) is 34.9. The average Bonchev–Trinajstić information content (AvgIpc) is 1.46. The number of hydrogen-bond acceptors (Lipinski definition) is 14. The summed E-state index contributed by atoms with van der Waals surface area (Å²) in [5, 5.41) is 0. The van der Waals surface area contributed by atoms with E-state index in [4.69, 9.17) is 37.9 Å². The largest absolute Gasteiger partial charge is 0.459 e. The molecule has 0 amide bonds. The van der Waals surface area contributed by atoms with Crippen molar-refractivity contribution in [3.63, 3.8) is 0 Å². The zero-order valence-corrected chi connectivity index (χ0v) is 94.0. The van der Waals surface area contributed by atoms with Crippen molar-refractivity contribution in [2.45, 2.75) is 484 Å². The average molecular weight is 1950 g/mol. The molecular formula is C127H200O14. The van der Waals surface area contributed by atoms with E-state index in [0.29, 0.717) is 35.0 Å². The topological polar surface area (TPSA) is 176 Å². The molecule has 14 nitrogen and oxygen atoms in total. The van der Waals surface area contributed by atoms with Crippen LogP contribution in [0.25, 0.3) is 0 Å². The molecule has 36 rings (SSSR count). The third kappa shape index (κ3) is 16.1. The maximum absolute atomic E-state index is 12.9. The minimum atomic E-state index is -0.422. The molecule has 0 aromatic heterocycles. The molecule has 22 unspecified atom stereocenters. The van der Waals surface area contributed by atoms with E-state index in [0.717, 1.165) is 240 Å². The molecule has 0 aliphatic heterocycles. The van der Waals surface area contributed by atoms with Gasteiger partial charge >= 0.3 is 35.8 Å². The van der Waals surface area contributed by atoms with Gasteiger partial charge in [-0.25, -0.2) is 0 Å². The smallest absolute Gasteiger partial charge is 0.313 e. The number of ether oxygens (including phenoxy) is 8. The lowest BCUT2D eigenvalue weighted by Gasteiger charge is -2.74. The Hall–Kier alpha value is -3.26. The lowest BCUT2D eigenvalue weighted by atomic mass is 9.31. The fraction of sp³-hybridized carbons (Fsp3) is 0.953. The van der Waals surface area contributed by atoms with Crippen molar-refractivity contribution in [3.8, 4) is 0 Å². The van der Waals surface area contributed by atoms with Crippen LogP contribution < -0.4 is 0 Å². The van der Waals surface area contributed by atoms with E-state index in [-0.39, 0.29) is 96.5 Å². The van der Waals surface area contributed by atoms with E-state index in [1.165, 1.54) is 205 Å². The van der Waals surface area contributed by atoms with E-state index in [1.807, 2.05) is 118 Å². The zero-order valence-electron chi connectivity index (χ0n) is 94.0. The van der Waals surface area contributed by atoms with Crippen LogP contribution in [0.15, 0.2) is 0 Å². The van der Waals surface area contributed by atoms with Gasteiger partial charge < -0.3 is 37.9 Å². The van der Waals surface area contributed by atoms with E-state index in [2.05, 4.69) is 69.2 Å². The van der Waals surface area contributed by atoms with Crippen molar-refractivity contribution < 1.29 is 66.7 Å². The molecule has 0 aromatic rings. The first kappa shape index (κ1) is 102. The Bertz CT molecular complexity index is 4570. The first-order valence-electron chi connectivity index (χ1n) is 60.8. The van der Waals surface area contributed by atoms with E-state index in [1.54, 1.807) is 6.42 Å². The SMILES string of the molecule is CCC(C)(C)C(=O)OC(C)(C)C12CC3C4CC5CC3C(C1)C(C5)C4C2.CCC(C)(C)C(=O)OC(C)(C)C1C2CC3C4CC5CC3C1C(C5)C4C2.CCC(C)(C)C(=O)OC(C)(C)C1CC2CCC1C2.CCC(C)(C)C(=O)OC(C)OC12CC3C4CC5CC3C(C1)C(C5)C4C2.CCC(C)(C)C(=O)OC(C)OC12CC3CC4C5CC(CC1C5)CC42C3.CCC(C)(C)C(=O)OC1(C)C2CC3C4CC5CC3C1C(C5)C4C2. The van der Waals surface area contributed by atoms with Crippen LogP contribution in [0.5, 0.6) is 0 Å². The summed E-state index contributed by atoms with van der Waals surface area (Å²) in [6, 6.07) is 0. The molecule has 0 aromatic carbocycles. The Balaban J connectivity index is 0.0000000974. The van der Waals surface area contributed by atoms with Crippen molar-refractivity contribution in [3.05, 3.63) is 0 Å². The van der Waals surface area contributed by atoms with E-state index < -0.39 is 23.4 Å². The molecule has 0 saturated heterocycles. The number of rotatable bonds is 25. The molecule has 36 fully saturated rings. The highest BCUT2D eigenvalue weighted by Crippen LogP contribution is 2.83. The molecule has 1 spiro atoms. The lowest BCUT2D eigenvalue weighted by molar-refractivity contribution is -0.314. The summed E-state index contributed by atoms with van der Waals surface area (Å²) >= 11 is 0. The second-order valence-electron chi connectivity index (χ2n) is 62.4. The number of carbonyl (C=O) groups excluding carboxylic acids is 6. The monoisotopic (exact) mass is 1950 g/mol. The van der Waals surface area contributed by atoms with Gasteiger partial charge in [0.05, 0.1) is 43.7 Å². The molecule has 0 N–H and O–H groups in total. The Morgan fingerprint density at radius 1 is 0.298 bits per heavy atom. The lowest BCUT2D eigenvalue weighted by Crippen LogP contribution is -2.72. The van der Waals surface area contributed by atoms with Gasteiger partial charge in [0.25, 0.3) is 0 Å². The van der Waals surface area contributed by atoms with Crippen molar-refractivity contribution in [1.29, 1.82) is 0 Å². The van der Waals surface area contributed by atoms with Crippen LogP contribution >= 0.6 is 0 Å². The number of fused-ring (bicyclic) bond motifs is 3. The highest BCUT2D eigenvalue weighted by molar-refractivity contribution is 5.79. The Labute approximate surface area is 854 Å². The summed E-state index contributed by atoms with van der Waals surface area (Å²) in [4.78, 5) is 75.7. The van der Waals surface area contributed by atoms with Gasteiger partial charge in [0.2, 0.25) is 12.6 Å². The van der Waals surface area contributed by atoms with Crippen LogP contribution in [0.4, 0.5) is 0 Å². The molecule has 36 saturated carbocycles. The fourth-order valence-corrected chi connectivity index (χ4v) is 44.4. The molecule has 0 heterocycles. The molecule has 39 bridgehead atoms. The van der Waals surface area contributed by atoms with Gasteiger partial charge in [-0.15, -0.1) is 0 Å². The van der Waals surface area contributed by atoms with Crippen LogP contribution in [0, 0.1) is 274 Å². The maximum Gasteiger partial charge on any atom is 0.313 e. The summed E-state index contributed by atoms with van der Waals surface area (Å²) < 4.78 is 49.8. The highest BCUT2D eigenvalue weighted by atomic mass is 16.7. The Morgan fingerprint density at radius 2 is 0.667 bits per heavy atom. The van der Waals surface area contributed by atoms with Crippen LogP contribution in [0.2, 0.25) is 0 Å². The van der Waals surface area contributed by atoms with Crippen LogP contribution in [0.1, 0.15) is 437 Å². The summed E-state index contributed by atoms with van der Waals surface area (Å²) in [5.74, 6) is 35.5. The third-order valence-electron chi connectivity index (χ3n) is 52.7. The van der Waals surface area contributed by atoms with Gasteiger partial charge in [0, 0.05) is 28.6 Å². The van der Waals surface area contributed by atoms with Crippen molar-refractivity contribution >= 4 is 35.8 Å². The van der Waals surface area contributed by atoms with E-state index >= 15 is 0 Å². The molecule has 36 aliphatic carbocycles. The summed E-state index contributed by atoms with van der Waals surface area (Å²) in [6.45, 7) is 55.8. The Kier molecular flexibility index (Phi) is 25.3. The number of carbonyl (C=O) groups is 6. The first-order valence-corrected chi connectivity index (χ1v) is 60.8. The molecule has 792 valence electrons. The van der Waals surface area contributed by atoms with Crippen molar-refractivity contribution in [2.24, 2.45) is 274 Å². The van der Waals surface area contributed by atoms with Gasteiger partial charge in [-0.3, -0.25) is 28.8 Å². The highest BCUT2D eigenvalue weighted by Gasteiger charge is 2.80. The Morgan fingerprint density at radius 3 is 1.10 bits per heavy atom. The number of esters is 6. The standard InChI is InChI=1S/2C23H36O2.2C22H34O3.C21H32O2.C16H28O2/c1-6-21(2,3)20(24)25-22(4,5)23-10-17-14-7-13-8-15(17)19(12-23)16(9-13)18(14)11-23;1-6-22(2,3)21(24)25-23(4,5)20-13-10-15-14-7-12-8-17(15)19(20)18(9-12)16(14)11-13;1-5-20(3,4)19(23)24-13(2)25-22-12-15-8-18-16-6-14(7-17(22)9-16)10-21(18,22)11-15;1-5-21(3,4)20(23)24-12(2)25-22-9-17-14-6-13-7-15(17)19(11-22)16(8-13)18(14)10-22;1-5-20(2,3)19(22)23-21(4)12-9-14-13-6-11-7-16(14)18(21)17(8-11)15(13)10-12;1-6-15(2,3)14(17)18-16(4,5)13-10-11-7-8-12(13)9-11/h13-19H,6-12H2,1-5H3;12-20H,6-11H2,1-5H3;13-18H,5-12H2,1-4H3;12-19H,5-11H2,1-4H3;11-18H,5-10H2,1-4H3;11-13H,6-10H2,1-5H3. The molecule has 14 heteroatoms. The third-order valence-corrected chi connectivity index (χ3v) is 52.7. The summed E-state index contributed by atoms with van der Waals surface area (Å²) in [6.07, 6.45) is 50.4. The minimum Gasteiger partial charge on any atom is -0.459 e. The van der Waals surface area contributed by atoms with Crippen molar-refractivity contribution in [1.82, 2.24) is 0 Å². The predicted molar refractivity (Wildman–Crippen MR) is 552 cm³/mol. The van der Waals surface area contributed by atoms with Gasteiger partial charge in [0.15, 0.2) is 0 Å². The first-order chi connectivity index (χ1) is 66.1. The number of hydrogen-bond donors (Lipinski definition) is 0. The second-order valence-corrected chi connectivity index (χ2v) is 62.4. The summed E-state index contributed by atoms with van der Waals surface area (Å²) in [7, 11) is 0. The quantitative estimate of drug-likeness (QED) is 0.0479. The minimum absolute atomic E-state index is 0.00370. The van der Waals surface area contributed by atoms with Gasteiger partial charge in [-0.05, 0) is 602 Å². The van der Waals surface area contributed by atoms with Crippen LogP contribution in [0.3, 0.4) is 0 Å². The van der Waals surface area contributed by atoms with E-state index in [9.17, 15) is 28.8 Å². The van der Waals surface area contributed by atoms with Crippen LogP contribution in [-0.4, -0.2) is 82.0 Å². The fourth-order valence-electron chi connectivity index (χ4n) is 44.4. The summed E-state index contributed by atoms with van der Waals surface area (Å²) in [5.41, 5.74) is -2.63. The van der Waals surface area contributed by atoms with Gasteiger partial charge in [0.1, 0.15) is 22.4 Å². The van der Waals surface area contributed by atoms with Crippen LogP contribution in [-0.2, 0) is 66.7 Å². The normalized spacial score (nSPS) is 48.6. The zero-order chi connectivity index (χ0) is 100. The molecule has 36 aliphatic rings. The maximum atomic E-state index is 12.9. The molecule has 22 atom stereocenters. The van der Waals surface area contributed by atoms with Gasteiger partial charge in [-0.1, -0.05) is 48.0 Å². The molecule has 0 radical (unpaired) electrons. The molecule has 141 heavy (non-hydrogen) atoms.